The molecule has 0 amide bonds. The summed E-state index contributed by atoms with van der Waals surface area (Å²) in [6.07, 6.45) is 2.31. The van der Waals surface area contributed by atoms with E-state index in [9.17, 15) is 0 Å². The second-order valence-corrected chi connectivity index (χ2v) is 2.73. The monoisotopic (exact) mass is 139 g/mol. The highest BCUT2D eigenvalue weighted by atomic mass is 14.9. The fourth-order valence-corrected chi connectivity index (χ4v) is 1.05. The molecule has 2 heteroatoms. The number of hydrogen-bond acceptors (Lipinski definition) is 0. The van der Waals surface area contributed by atoms with E-state index in [2.05, 4.69) is 30.7 Å². The zero-order valence-corrected chi connectivity index (χ0v) is 6.91. The van der Waals surface area contributed by atoms with E-state index < -0.39 is 0 Å². The van der Waals surface area contributed by atoms with Gasteiger partial charge < -0.3 is 0 Å². The lowest BCUT2D eigenvalue weighted by molar-refractivity contribution is -0.397. The minimum Gasteiger partial charge on any atom is -0.245 e. The summed E-state index contributed by atoms with van der Waals surface area (Å²) in [6, 6.07) is 0. The number of aromatic nitrogens is 2. The molecule has 0 saturated heterocycles. The zero-order chi connectivity index (χ0) is 7.56. The molecule has 0 aromatic carbocycles. The molecule has 2 nitrogen and oxygen atoms in total. The van der Waals surface area contributed by atoms with Crippen LogP contribution >= 0.6 is 0 Å². The Balaban J connectivity index is 2.77. The van der Waals surface area contributed by atoms with E-state index in [4.69, 9.17) is 0 Å². The van der Waals surface area contributed by atoms with Gasteiger partial charge in [0, 0.05) is 20.3 Å². The van der Waals surface area contributed by atoms with Gasteiger partial charge >= 0.3 is 0 Å². The maximum atomic E-state index is 3.29. The van der Waals surface area contributed by atoms with Crippen molar-refractivity contribution in [3.05, 3.63) is 17.2 Å². The lowest BCUT2D eigenvalue weighted by Gasteiger charge is -1.80. The first kappa shape index (κ1) is 7.32. The van der Waals surface area contributed by atoms with E-state index in [1.807, 2.05) is 0 Å². The van der Waals surface area contributed by atoms with Crippen molar-refractivity contribution in [3.63, 3.8) is 0 Å². The quantitative estimate of drug-likeness (QED) is 0.642. The number of hydrogen-bond donors (Lipinski definition) is 1. The molecule has 1 heterocycles. The number of aromatic amines is 2. The van der Waals surface area contributed by atoms with Crippen molar-refractivity contribution in [1.82, 2.24) is 4.98 Å². The van der Waals surface area contributed by atoms with Crippen LogP contribution < -0.4 is 4.98 Å². The first-order valence-corrected chi connectivity index (χ1v) is 3.81. The molecule has 0 bridgehead atoms. The van der Waals surface area contributed by atoms with E-state index >= 15 is 0 Å². The molecule has 2 N–H and O–H groups in total. The van der Waals surface area contributed by atoms with Crippen molar-refractivity contribution in [1.29, 1.82) is 0 Å². The van der Waals surface area contributed by atoms with Crippen LogP contribution in [0.2, 0.25) is 0 Å². The first-order valence-electron chi connectivity index (χ1n) is 3.81. The number of H-pyrrole nitrogens is 2. The molecule has 0 spiro atoms. The van der Waals surface area contributed by atoms with E-state index in [1.54, 1.807) is 0 Å². The third-order valence-corrected chi connectivity index (χ3v) is 1.74. The fraction of sp³-hybridized carbons (Fsp3) is 0.625. The van der Waals surface area contributed by atoms with Crippen LogP contribution in [0.1, 0.15) is 30.6 Å². The molecule has 1 aromatic rings. The Hall–Kier alpha value is -0.790. The fourth-order valence-electron chi connectivity index (χ4n) is 1.05. The van der Waals surface area contributed by atoms with Gasteiger partial charge in [-0.25, -0.2) is 9.97 Å². The van der Waals surface area contributed by atoms with Gasteiger partial charge in [0.25, 0.3) is 5.82 Å². The average Bonchev–Trinajstić information content (AvgIpc) is 2.14. The SMILES string of the molecule is CCCc1[nH]c(C)c(C)[nH+]1. The van der Waals surface area contributed by atoms with Gasteiger partial charge in [-0.05, 0) is 6.42 Å². The van der Waals surface area contributed by atoms with Crippen LogP contribution in [0.3, 0.4) is 0 Å². The van der Waals surface area contributed by atoms with Crippen molar-refractivity contribution >= 4 is 0 Å². The average molecular weight is 139 g/mol. The Morgan fingerprint density at radius 2 is 2.10 bits per heavy atom. The van der Waals surface area contributed by atoms with E-state index in [0.717, 1.165) is 6.42 Å². The summed E-state index contributed by atoms with van der Waals surface area (Å²) in [5.74, 6) is 1.25. The van der Waals surface area contributed by atoms with Crippen LogP contribution in [0.15, 0.2) is 0 Å². The van der Waals surface area contributed by atoms with E-state index in [0.29, 0.717) is 0 Å². The van der Waals surface area contributed by atoms with Gasteiger partial charge in [0.2, 0.25) is 0 Å². The zero-order valence-electron chi connectivity index (χ0n) is 6.91. The summed E-state index contributed by atoms with van der Waals surface area (Å²) in [4.78, 5) is 6.58. The number of aryl methyl sites for hydroxylation is 3. The Morgan fingerprint density at radius 1 is 1.40 bits per heavy atom. The highest BCUT2D eigenvalue weighted by Gasteiger charge is 2.06. The summed E-state index contributed by atoms with van der Waals surface area (Å²) in [6.45, 7) is 6.36. The minimum absolute atomic E-state index is 1.12. The molecule has 10 heavy (non-hydrogen) atoms. The number of imidazole rings is 1. The van der Waals surface area contributed by atoms with Gasteiger partial charge in [0.15, 0.2) is 0 Å². The van der Waals surface area contributed by atoms with Gasteiger partial charge in [-0.2, -0.15) is 0 Å². The Bertz CT molecular complexity index is 194. The van der Waals surface area contributed by atoms with Crippen molar-refractivity contribution in [2.24, 2.45) is 0 Å². The predicted octanol–water partition coefficient (Wildman–Crippen LogP) is 1.40. The predicted molar refractivity (Wildman–Crippen MR) is 40.8 cm³/mol. The van der Waals surface area contributed by atoms with Gasteiger partial charge in [0.05, 0.1) is 0 Å². The topological polar surface area (TPSA) is 29.9 Å². The molecule has 0 aliphatic rings. The van der Waals surface area contributed by atoms with Crippen LogP contribution in [0.5, 0.6) is 0 Å². The summed E-state index contributed by atoms with van der Waals surface area (Å²) in [5, 5.41) is 0. The van der Waals surface area contributed by atoms with Crippen LogP contribution in [0, 0.1) is 13.8 Å². The van der Waals surface area contributed by atoms with Crippen molar-refractivity contribution in [2.75, 3.05) is 0 Å². The molecule has 0 unspecified atom stereocenters. The molecule has 0 radical (unpaired) electrons. The van der Waals surface area contributed by atoms with Crippen LogP contribution in [0.25, 0.3) is 0 Å². The normalized spacial score (nSPS) is 10.3. The minimum atomic E-state index is 1.12. The van der Waals surface area contributed by atoms with Crippen molar-refractivity contribution in [3.8, 4) is 0 Å². The smallest absolute Gasteiger partial charge is 0.245 e. The lowest BCUT2D eigenvalue weighted by Crippen LogP contribution is -2.08. The van der Waals surface area contributed by atoms with Crippen molar-refractivity contribution < 1.29 is 4.98 Å². The Morgan fingerprint density at radius 3 is 2.50 bits per heavy atom. The summed E-state index contributed by atoms with van der Waals surface area (Å²) in [7, 11) is 0. The Kier molecular flexibility index (Phi) is 2.10. The second kappa shape index (κ2) is 2.86. The van der Waals surface area contributed by atoms with Crippen molar-refractivity contribution in [2.45, 2.75) is 33.6 Å². The standard InChI is InChI=1S/C8H14N2/c1-4-5-8-9-6(2)7(3)10-8/h4-5H2,1-3H3,(H,9,10)/p+1. The van der Waals surface area contributed by atoms with E-state index in [1.165, 1.54) is 23.6 Å². The highest BCUT2D eigenvalue weighted by molar-refractivity contribution is 5.02. The summed E-state index contributed by atoms with van der Waals surface area (Å²) < 4.78 is 0. The maximum absolute atomic E-state index is 3.29. The Labute approximate surface area is 61.7 Å². The molecular formula is C8H15N2+. The van der Waals surface area contributed by atoms with Crippen LogP contribution in [-0.4, -0.2) is 4.98 Å². The molecule has 1 aromatic heterocycles. The first-order chi connectivity index (χ1) is 4.74. The molecule has 0 fully saturated rings. The molecule has 56 valence electrons. The lowest BCUT2D eigenvalue weighted by atomic mass is 10.3. The second-order valence-electron chi connectivity index (χ2n) is 2.73. The molecule has 0 atom stereocenters. The summed E-state index contributed by atoms with van der Waals surface area (Å²) in [5.41, 5.74) is 2.51. The van der Waals surface area contributed by atoms with Gasteiger partial charge in [0.1, 0.15) is 11.4 Å². The van der Waals surface area contributed by atoms with Gasteiger partial charge in [-0.15, -0.1) is 0 Å². The highest BCUT2D eigenvalue weighted by Crippen LogP contribution is 1.98. The third-order valence-electron chi connectivity index (χ3n) is 1.74. The van der Waals surface area contributed by atoms with Gasteiger partial charge in [-0.1, -0.05) is 6.92 Å². The van der Waals surface area contributed by atoms with Gasteiger partial charge in [-0.3, -0.25) is 0 Å². The molecule has 1 rings (SSSR count). The molecule has 0 saturated carbocycles. The third kappa shape index (κ3) is 1.38. The summed E-state index contributed by atoms with van der Waals surface area (Å²) >= 11 is 0. The largest absolute Gasteiger partial charge is 0.252 e. The number of nitrogens with one attached hydrogen (secondary N) is 2. The maximum Gasteiger partial charge on any atom is 0.252 e. The number of rotatable bonds is 2. The molecule has 0 aliphatic heterocycles. The van der Waals surface area contributed by atoms with E-state index in [-0.39, 0.29) is 0 Å². The molecular weight excluding hydrogens is 124 g/mol. The molecule has 0 aliphatic carbocycles. The van der Waals surface area contributed by atoms with Crippen LogP contribution in [0.4, 0.5) is 0 Å². The van der Waals surface area contributed by atoms with Crippen LogP contribution in [-0.2, 0) is 6.42 Å².